The van der Waals surface area contributed by atoms with Crippen LogP contribution in [0.1, 0.15) is 30.2 Å². The van der Waals surface area contributed by atoms with Crippen LogP contribution in [0.3, 0.4) is 0 Å². The van der Waals surface area contributed by atoms with Gasteiger partial charge in [-0.05, 0) is 37.5 Å². The topological polar surface area (TPSA) is 37.8 Å². The van der Waals surface area contributed by atoms with Crippen molar-refractivity contribution in [2.45, 2.75) is 38.0 Å². The SMILES string of the molecule is CCCNc1nc(C)cc(SCc2ccccc2C)n1. The second-order valence-electron chi connectivity index (χ2n) is 4.81. The van der Waals surface area contributed by atoms with Crippen LogP contribution in [0, 0.1) is 13.8 Å². The van der Waals surface area contributed by atoms with Crippen molar-refractivity contribution in [1.29, 1.82) is 0 Å². The molecule has 0 aliphatic rings. The van der Waals surface area contributed by atoms with Gasteiger partial charge in [0.2, 0.25) is 5.95 Å². The van der Waals surface area contributed by atoms with Crippen LogP contribution < -0.4 is 5.32 Å². The van der Waals surface area contributed by atoms with Gasteiger partial charge in [-0.3, -0.25) is 0 Å². The molecule has 0 saturated heterocycles. The highest BCUT2D eigenvalue weighted by atomic mass is 32.2. The van der Waals surface area contributed by atoms with Gasteiger partial charge in [-0.15, -0.1) is 11.8 Å². The molecule has 106 valence electrons. The maximum Gasteiger partial charge on any atom is 0.223 e. The third-order valence-electron chi connectivity index (χ3n) is 3.00. The molecule has 1 aromatic carbocycles. The number of aryl methyl sites for hydroxylation is 2. The molecule has 0 unspecified atom stereocenters. The van der Waals surface area contributed by atoms with Crippen LogP contribution >= 0.6 is 11.8 Å². The summed E-state index contributed by atoms with van der Waals surface area (Å²) in [5.41, 5.74) is 3.69. The van der Waals surface area contributed by atoms with Crippen LogP contribution in [0.5, 0.6) is 0 Å². The summed E-state index contributed by atoms with van der Waals surface area (Å²) in [6.07, 6.45) is 1.07. The molecule has 4 heteroatoms. The largest absolute Gasteiger partial charge is 0.354 e. The number of aromatic nitrogens is 2. The molecule has 0 aliphatic carbocycles. The Morgan fingerprint density at radius 2 is 1.95 bits per heavy atom. The summed E-state index contributed by atoms with van der Waals surface area (Å²) >= 11 is 1.76. The summed E-state index contributed by atoms with van der Waals surface area (Å²) in [5, 5.41) is 4.28. The van der Waals surface area contributed by atoms with E-state index in [9.17, 15) is 0 Å². The van der Waals surface area contributed by atoms with Gasteiger partial charge in [-0.2, -0.15) is 0 Å². The first-order valence-corrected chi connectivity index (χ1v) is 7.94. The van der Waals surface area contributed by atoms with Crippen LogP contribution in [-0.4, -0.2) is 16.5 Å². The lowest BCUT2D eigenvalue weighted by atomic mass is 10.1. The Morgan fingerprint density at radius 3 is 2.70 bits per heavy atom. The van der Waals surface area contributed by atoms with Crippen molar-refractivity contribution in [3.05, 3.63) is 47.2 Å². The molecule has 0 fully saturated rings. The fraction of sp³-hybridized carbons (Fsp3) is 0.375. The maximum absolute atomic E-state index is 4.56. The Bertz CT molecular complexity index is 569. The highest BCUT2D eigenvalue weighted by Gasteiger charge is 2.04. The smallest absolute Gasteiger partial charge is 0.223 e. The van der Waals surface area contributed by atoms with Gasteiger partial charge in [0.25, 0.3) is 0 Å². The fourth-order valence-electron chi connectivity index (χ4n) is 1.85. The zero-order valence-corrected chi connectivity index (χ0v) is 13.1. The molecule has 0 radical (unpaired) electrons. The zero-order chi connectivity index (χ0) is 14.4. The van der Waals surface area contributed by atoms with E-state index in [4.69, 9.17) is 0 Å². The highest BCUT2D eigenvalue weighted by Crippen LogP contribution is 2.23. The molecular formula is C16H21N3S. The van der Waals surface area contributed by atoms with Gasteiger partial charge in [-0.25, -0.2) is 9.97 Å². The molecule has 1 N–H and O–H groups in total. The van der Waals surface area contributed by atoms with Gasteiger partial charge in [-0.1, -0.05) is 31.2 Å². The molecular weight excluding hydrogens is 266 g/mol. The number of thioether (sulfide) groups is 1. The molecule has 0 amide bonds. The van der Waals surface area contributed by atoms with Crippen LogP contribution in [0.2, 0.25) is 0 Å². The van der Waals surface area contributed by atoms with Gasteiger partial charge in [0.1, 0.15) is 5.03 Å². The molecule has 1 aromatic heterocycles. The van der Waals surface area contributed by atoms with E-state index < -0.39 is 0 Å². The van der Waals surface area contributed by atoms with Gasteiger partial charge in [0.15, 0.2) is 0 Å². The van der Waals surface area contributed by atoms with E-state index in [1.807, 2.05) is 13.0 Å². The molecule has 2 aromatic rings. The molecule has 0 aliphatic heterocycles. The zero-order valence-electron chi connectivity index (χ0n) is 12.3. The van der Waals surface area contributed by atoms with E-state index in [2.05, 4.69) is 53.4 Å². The van der Waals surface area contributed by atoms with E-state index in [0.29, 0.717) is 0 Å². The second-order valence-corrected chi connectivity index (χ2v) is 5.81. The minimum atomic E-state index is 0.735. The van der Waals surface area contributed by atoms with Crippen molar-refractivity contribution >= 4 is 17.7 Å². The second kappa shape index (κ2) is 7.29. The van der Waals surface area contributed by atoms with Gasteiger partial charge >= 0.3 is 0 Å². The third kappa shape index (κ3) is 4.23. The molecule has 3 nitrogen and oxygen atoms in total. The first-order valence-electron chi connectivity index (χ1n) is 6.96. The first kappa shape index (κ1) is 14.9. The fourth-order valence-corrected chi connectivity index (χ4v) is 2.89. The van der Waals surface area contributed by atoms with Crippen LogP contribution in [0.15, 0.2) is 35.4 Å². The number of hydrogen-bond donors (Lipinski definition) is 1. The molecule has 0 atom stereocenters. The Hall–Kier alpha value is -1.55. The van der Waals surface area contributed by atoms with Crippen molar-refractivity contribution in [3.8, 4) is 0 Å². The van der Waals surface area contributed by atoms with Gasteiger partial charge < -0.3 is 5.32 Å². The normalized spacial score (nSPS) is 10.6. The third-order valence-corrected chi connectivity index (χ3v) is 3.96. The Balaban J connectivity index is 2.05. The highest BCUT2D eigenvalue weighted by molar-refractivity contribution is 7.98. The van der Waals surface area contributed by atoms with Gasteiger partial charge in [0.05, 0.1) is 0 Å². The molecule has 20 heavy (non-hydrogen) atoms. The average Bonchev–Trinajstić information content (AvgIpc) is 2.44. The van der Waals surface area contributed by atoms with E-state index in [-0.39, 0.29) is 0 Å². The van der Waals surface area contributed by atoms with Crippen LogP contribution in [0.25, 0.3) is 0 Å². The standard InChI is InChI=1S/C16H21N3S/c1-4-9-17-16-18-13(3)10-15(19-16)20-11-14-8-6-5-7-12(14)2/h5-8,10H,4,9,11H2,1-3H3,(H,17,18,19). The maximum atomic E-state index is 4.56. The monoisotopic (exact) mass is 287 g/mol. The molecule has 2 rings (SSSR count). The summed E-state index contributed by atoms with van der Waals surface area (Å²) in [6, 6.07) is 10.5. The van der Waals surface area contributed by atoms with E-state index in [1.54, 1.807) is 11.8 Å². The lowest BCUT2D eigenvalue weighted by Crippen LogP contribution is -2.05. The van der Waals surface area contributed by atoms with Crippen LogP contribution in [0.4, 0.5) is 5.95 Å². The quantitative estimate of drug-likeness (QED) is 0.638. The Kier molecular flexibility index (Phi) is 5.41. The minimum absolute atomic E-state index is 0.735. The lowest BCUT2D eigenvalue weighted by Gasteiger charge is -2.08. The predicted molar refractivity (Wildman–Crippen MR) is 86.3 cm³/mol. The number of anilines is 1. The summed E-state index contributed by atoms with van der Waals surface area (Å²) in [6.45, 7) is 7.20. The van der Waals surface area contributed by atoms with Crippen molar-refractivity contribution in [2.75, 3.05) is 11.9 Å². The molecule has 0 saturated carbocycles. The number of benzene rings is 1. The summed E-state index contributed by atoms with van der Waals surface area (Å²) in [4.78, 5) is 8.96. The van der Waals surface area contributed by atoms with Crippen molar-refractivity contribution < 1.29 is 0 Å². The average molecular weight is 287 g/mol. The summed E-state index contributed by atoms with van der Waals surface area (Å²) in [5.74, 6) is 1.68. The summed E-state index contributed by atoms with van der Waals surface area (Å²) in [7, 11) is 0. The first-order chi connectivity index (χ1) is 9.69. The minimum Gasteiger partial charge on any atom is -0.354 e. The van der Waals surface area contributed by atoms with E-state index >= 15 is 0 Å². The number of nitrogens with one attached hydrogen (secondary N) is 1. The lowest BCUT2D eigenvalue weighted by molar-refractivity contribution is 0.924. The van der Waals surface area contributed by atoms with Crippen molar-refractivity contribution in [1.82, 2.24) is 9.97 Å². The van der Waals surface area contributed by atoms with Crippen LogP contribution in [-0.2, 0) is 5.75 Å². The molecule has 0 bridgehead atoms. The Morgan fingerprint density at radius 1 is 1.15 bits per heavy atom. The van der Waals surface area contributed by atoms with E-state index in [0.717, 1.165) is 35.4 Å². The van der Waals surface area contributed by atoms with Crippen molar-refractivity contribution in [3.63, 3.8) is 0 Å². The predicted octanol–water partition coefficient (Wildman–Crippen LogP) is 4.21. The van der Waals surface area contributed by atoms with E-state index in [1.165, 1.54) is 11.1 Å². The summed E-state index contributed by atoms with van der Waals surface area (Å²) < 4.78 is 0. The molecule has 0 spiro atoms. The number of rotatable bonds is 6. The number of nitrogens with zero attached hydrogens (tertiary/aromatic N) is 2. The Labute approximate surface area is 125 Å². The van der Waals surface area contributed by atoms with Crippen molar-refractivity contribution in [2.24, 2.45) is 0 Å². The number of hydrogen-bond acceptors (Lipinski definition) is 4. The molecule has 1 heterocycles. The van der Waals surface area contributed by atoms with Gasteiger partial charge in [0, 0.05) is 18.0 Å².